The van der Waals surface area contributed by atoms with Crippen molar-refractivity contribution in [2.75, 3.05) is 7.05 Å². The quantitative estimate of drug-likeness (QED) is 0.586. The van der Waals surface area contributed by atoms with Crippen LogP contribution in [0.2, 0.25) is 0 Å². The summed E-state index contributed by atoms with van der Waals surface area (Å²) in [5.41, 5.74) is 11.6. The van der Waals surface area contributed by atoms with E-state index in [2.05, 4.69) is 9.98 Å². The summed E-state index contributed by atoms with van der Waals surface area (Å²) < 4.78 is 1.54. The van der Waals surface area contributed by atoms with Crippen molar-refractivity contribution in [2.45, 2.75) is 6.29 Å². The predicted molar refractivity (Wildman–Crippen MR) is 58.8 cm³/mol. The van der Waals surface area contributed by atoms with Crippen molar-refractivity contribution in [1.82, 2.24) is 9.21 Å². The van der Waals surface area contributed by atoms with E-state index in [1.807, 2.05) is 0 Å². The molecule has 1 atom stereocenters. The van der Waals surface area contributed by atoms with E-state index in [0.29, 0.717) is 11.5 Å². The van der Waals surface area contributed by atoms with Crippen molar-refractivity contribution < 1.29 is 4.79 Å². The first-order valence-corrected chi connectivity index (χ1v) is 4.93. The molecule has 4 N–H and O–H groups in total. The Bertz CT molecular complexity index is 389. The van der Waals surface area contributed by atoms with Gasteiger partial charge in [0.15, 0.2) is 12.1 Å². The zero-order valence-electron chi connectivity index (χ0n) is 7.99. The summed E-state index contributed by atoms with van der Waals surface area (Å²) in [4.78, 5) is 20.6. The van der Waals surface area contributed by atoms with Crippen molar-refractivity contribution in [3.63, 3.8) is 0 Å². The number of carbonyl (C=O) groups is 1. The summed E-state index contributed by atoms with van der Waals surface area (Å²) in [6, 6.07) is 0. The Labute approximate surface area is 90.6 Å². The molecule has 0 saturated heterocycles. The van der Waals surface area contributed by atoms with Gasteiger partial charge in [-0.1, -0.05) is 0 Å². The van der Waals surface area contributed by atoms with E-state index >= 15 is 0 Å². The third-order valence-electron chi connectivity index (χ3n) is 2.04. The molecule has 2 rings (SSSR count). The van der Waals surface area contributed by atoms with Gasteiger partial charge in [0.2, 0.25) is 0 Å². The number of aliphatic imine (C=N–C) groups is 2. The molecular weight excluding hydrogens is 216 g/mol. The average molecular weight is 226 g/mol. The number of amides is 1. The molecule has 0 aliphatic carbocycles. The normalized spacial score (nSPS) is 23.7. The fourth-order valence-electron chi connectivity index (χ4n) is 1.31. The molecule has 0 radical (unpaired) electrons. The first-order valence-electron chi connectivity index (χ1n) is 4.16. The third kappa shape index (κ3) is 1.68. The summed E-state index contributed by atoms with van der Waals surface area (Å²) >= 11 is 0.836. The molecule has 0 fully saturated rings. The highest BCUT2D eigenvalue weighted by Gasteiger charge is 2.30. The van der Waals surface area contributed by atoms with Crippen molar-refractivity contribution >= 4 is 29.4 Å². The molecular formula is C7H10N6OS. The van der Waals surface area contributed by atoms with Gasteiger partial charge >= 0.3 is 0 Å². The number of carbonyl (C=O) groups excluding carboxylic acids is 1. The molecule has 0 saturated carbocycles. The molecule has 0 aromatic rings. The summed E-state index contributed by atoms with van der Waals surface area (Å²) in [6.07, 6.45) is 2.62. The second-order valence-electron chi connectivity index (χ2n) is 3.01. The Morgan fingerprint density at radius 2 is 2.40 bits per heavy atom. The highest BCUT2D eigenvalue weighted by Crippen LogP contribution is 2.24. The van der Waals surface area contributed by atoms with Crippen LogP contribution in [0.5, 0.6) is 0 Å². The second-order valence-corrected chi connectivity index (χ2v) is 4.01. The molecule has 0 spiro atoms. The molecule has 2 aliphatic heterocycles. The van der Waals surface area contributed by atoms with Crippen LogP contribution in [0.25, 0.3) is 0 Å². The van der Waals surface area contributed by atoms with Gasteiger partial charge in [-0.2, -0.15) is 0 Å². The smallest absolute Gasteiger partial charge is 0.297 e. The summed E-state index contributed by atoms with van der Waals surface area (Å²) in [5.74, 6) is 0.698. The van der Waals surface area contributed by atoms with Crippen LogP contribution in [0.15, 0.2) is 21.9 Å². The number of fused-ring (bicyclic) bond motifs is 1. The van der Waals surface area contributed by atoms with Crippen LogP contribution in [0.1, 0.15) is 0 Å². The van der Waals surface area contributed by atoms with Crippen molar-refractivity contribution in [2.24, 2.45) is 21.5 Å². The van der Waals surface area contributed by atoms with Crippen LogP contribution in [0.4, 0.5) is 4.79 Å². The number of hydrogen-bond donors (Lipinski definition) is 2. The van der Waals surface area contributed by atoms with E-state index in [1.54, 1.807) is 22.5 Å². The van der Waals surface area contributed by atoms with Crippen LogP contribution < -0.4 is 11.5 Å². The van der Waals surface area contributed by atoms with Gasteiger partial charge in [0.05, 0.1) is 11.9 Å². The molecule has 15 heavy (non-hydrogen) atoms. The zero-order valence-corrected chi connectivity index (χ0v) is 8.81. The molecule has 0 aromatic heterocycles. The molecule has 1 amide bonds. The van der Waals surface area contributed by atoms with Gasteiger partial charge in [-0.05, 0) is 0 Å². The molecule has 80 valence electrons. The zero-order chi connectivity index (χ0) is 11.0. The fourth-order valence-corrected chi connectivity index (χ4v) is 1.92. The predicted octanol–water partition coefficient (Wildman–Crippen LogP) is -0.515. The first kappa shape index (κ1) is 9.99. The van der Waals surface area contributed by atoms with Gasteiger partial charge in [-0.15, -0.1) is 0 Å². The minimum absolute atomic E-state index is 0.480. The lowest BCUT2D eigenvalue weighted by Crippen LogP contribution is -2.54. The lowest BCUT2D eigenvalue weighted by molar-refractivity contribution is 0.246. The van der Waals surface area contributed by atoms with Crippen LogP contribution >= 0.6 is 11.9 Å². The SMILES string of the molecule is CN1C2=NC=NC2=CN(SC(N)=O)C1N. The molecule has 0 bridgehead atoms. The topological polar surface area (TPSA) is 100 Å². The number of nitrogens with zero attached hydrogens (tertiary/aromatic N) is 4. The maximum atomic E-state index is 10.8. The summed E-state index contributed by atoms with van der Waals surface area (Å²) in [7, 11) is 1.78. The second kappa shape index (κ2) is 3.55. The van der Waals surface area contributed by atoms with Crippen molar-refractivity contribution in [3.8, 4) is 0 Å². The number of amidine groups is 1. The Morgan fingerprint density at radius 3 is 3.07 bits per heavy atom. The highest BCUT2D eigenvalue weighted by atomic mass is 32.2. The van der Waals surface area contributed by atoms with E-state index in [4.69, 9.17) is 11.5 Å². The first-order chi connectivity index (χ1) is 7.09. The lowest BCUT2D eigenvalue weighted by atomic mass is 10.3. The van der Waals surface area contributed by atoms with E-state index in [-0.39, 0.29) is 0 Å². The van der Waals surface area contributed by atoms with Crippen LogP contribution in [0, 0.1) is 0 Å². The Morgan fingerprint density at radius 1 is 1.67 bits per heavy atom. The van der Waals surface area contributed by atoms with Crippen molar-refractivity contribution in [1.29, 1.82) is 0 Å². The van der Waals surface area contributed by atoms with Gasteiger partial charge in [-0.25, -0.2) is 9.98 Å². The Kier molecular flexibility index (Phi) is 2.37. The number of primary amides is 1. The maximum absolute atomic E-state index is 10.8. The minimum Gasteiger partial charge on any atom is -0.359 e. The van der Waals surface area contributed by atoms with E-state index in [1.165, 1.54) is 6.34 Å². The van der Waals surface area contributed by atoms with Gasteiger partial charge < -0.3 is 10.6 Å². The highest BCUT2D eigenvalue weighted by molar-refractivity contribution is 8.11. The molecule has 0 aromatic carbocycles. The number of rotatable bonds is 1. The van der Waals surface area contributed by atoms with Crippen LogP contribution in [-0.4, -0.2) is 40.0 Å². The van der Waals surface area contributed by atoms with Gasteiger partial charge in [0.25, 0.3) is 5.24 Å². The van der Waals surface area contributed by atoms with Crippen molar-refractivity contribution in [3.05, 3.63) is 11.9 Å². The average Bonchev–Trinajstić information content (AvgIpc) is 2.61. The lowest BCUT2D eigenvalue weighted by Gasteiger charge is -2.37. The largest absolute Gasteiger partial charge is 0.359 e. The molecule has 1 unspecified atom stereocenters. The fraction of sp³-hybridized carbons (Fsp3) is 0.286. The Balaban J connectivity index is 2.27. The minimum atomic E-state index is -0.516. The Hall–Kier alpha value is -1.54. The monoisotopic (exact) mass is 226 g/mol. The number of likely N-dealkylation sites (N-methyl/N-ethyl adjacent to an activating group) is 1. The number of hydrogen-bond acceptors (Lipinski definition) is 7. The van der Waals surface area contributed by atoms with E-state index in [0.717, 1.165) is 11.9 Å². The molecule has 2 heterocycles. The van der Waals surface area contributed by atoms with Crippen LogP contribution in [0.3, 0.4) is 0 Å². The standard InChI is InChI=1S/C7H10N6OS/c1-12-5-4(10-3-11-5)2-13(6(12)8)15-7(9)14/h2-3,6H,8H2,1H3,(H2,9,14). The third-order valence-corrected chi connectivity index (χ3v) is 2.75. The molecule has 8 heteroatoms. The molecule has 7 nitrogen and oxygen atoms in total. The van der Waals surface area contributed by atoms with Gasteiger partial charge in [-0.3, -0.25) is 14.8 Å². The van der Waals surface area contributed by atoms with Crippen LogP contribution in [-0.2, 0) is 0 Å². The number of nitrogens with two attached hydrogens (primary N) is 2. The van der Waals surface area contributed by atoms with Gasteiger partial charge in [0, 0.05) is 13.2 Å². The van der Waals surface area contributed by atoms with E-state index < -0.39 is 11.5 Å². The summed E-state index contributed by atoms with van der Waals surface area (Å²) in [6.45, 7) is 0. The summed E-state index contributed by atoms with van der Waals surface area (Å²) in [5, 5.41) is -0.516. The van der Waals surface area contributed by atoms with Gasteiger partial charge in [0.1, 0.15) is 12.0 Å². The maximum Gasteiger partial charge on any atom is 0.297 e. The van der Waals surface area contributed by atoms with E-state index in [9.17, 15) is 4.79 Å². The molecule has 2 aliphatic rings.